The van der Waals surface area contributed by atoms with Gasteiger partial charge in [-0.2, -0.15) is 0 Å². The number of nitrogens with zero attached hydrogens (tertiary/aromatic N) is 1. The lowest BCUT2D eigenvalue weighted by Crippen LogP contribution is -2.33. The number of nitrogens with two attached hydrogens (primary N) is 1. The van der Waals surface area contributed by atoms with Gasteiger partial charge in [0.15, 0.2) is 5.96 Å². The van der Waals surface area contributed by atoms with Gasteiger partial charge in [-0.3, -0.25) is 4.99 Å². The molecule has 20 heavy (non-hydrogen) atoms. The molecule has 1 aromatic rings. The molecule has 1 unspecified atom stereocenters. The lowest BCUT2D eigenvalue weighted by atomic mass is 10.1. The van der Waals surface area contributed by atoms with E-state index >= 15 is 0 Å². The second-order valence-electron chi connectivity index (χ2n) is 5.08. The summed E-state index contributed by atoms with van der Waals surface area (Å²) in [4.78, 5) is 4.31. The van der Waals surface area contributed by atoms with Gasteiger partial charge in [0.05, 0.1) is 6.54 Å². The molecule has 0 aliphatic carbocycles. The first-order chi connectivity index (χ1) is 9.54. The van der Waals surface area contributed by atoms with Crippen molar-refractivity contribution < 1.29 is 4.74 Å². The highest BCUT2D eigenvalue weighted by Crippen LogP contribution is 2.25. The smallest absolute Gasteiger partial charge is 0.188 e. The van der Waals surface area contributed by atoms with E-state index in [0.29, 0.717) is 23.4 Å². The first-order valence-corrected chi connectivity index (χ1v) is 7.23. The summed E-state index contributed by atoms with van der Waals surface area (Å²) >= 11 is 6.16. The predicted octanol–water partition coefficient (Wildman–Crippen LogP) is 2.98. The van der Waals surface area contributed by atoms with E-state index in [1.807, 2.05) is 24.3 Å². The van der Waals surface area contributed by atoms with E-state index in [9.17, 15) is 0 Å². The van der Waals surface area contributed by atoms with E-state index in [1.54, 1.807) is 7.11 Å². The SMILES string of the molecule is COC(CN=C(N)NCCC(C)C)c1ccccc1Cl. The summed E-state index contributed by atoms with van der Waals surface area (Å²) in [7, 11) is 1.64. The fourth-order valence-corrected chi connectivity index (χ4v) is 2.02. The number of benzene rings is 1. The van der Waals surface area contributed by atoms with Crippen molar-refractivity contribution in [3.63, 3.8) is 0 Å². The van der Waals surface area contributed by atoms with Gasteiger partial charge in [0.1, 0.15) is 6.10 Å². The number of hydrogen-bond donors (Lipinski definition) is 2. The molecule has 1 atom stereocenters. The molecule has 1 rings (SSSR count). The van der Waals surface area contributed by atoms with Crippen molar-refractivity contribution in [2.45, 2.75) is 26.4 Å². The lowest BCUT2D eigenvalue weighted by molar-refractivity contribution is 0.111. The molecule has 0 fully saturated rings. The standard InChI is InChI=1S/C15H24ClN3O/c1-11(2)8-9-18-15(17)19-10-14(20-3)12-6-4-5-7-13(12)16/h4-7,11,14H,8-10H2,1-3H3,(H3,17,18,19). The van der Waals surface area contributed by atoms with E-state index < -0.39 is 0 Å². The highest BCUT2D eigenvalue weighted by Gasteiger charge is 2.13. The number of nitrogens with one attached hydrogen (secondary N) is 1. The van der Waals surface area contributed by atoms with Crippen LogP contribution in [0.15, 0.2) is 29.3 Å². The summed E-state index contributed by atoms with van der Waals surface area (Å²) in [5.74, 6) is 1.09. The molecule has 0 saturated carbocycles. The monoisotopic (exact) mass is 297 g/mol. The Kier molecular flexibility index (Phi) is 7.41. The van der Waals surface area contributed by atoms with E-state index in [2.05, 4.69) is 24.2 Å². The third-order valence-corrected chi connectivity index (χ3v) is 3.34. The van der Waals surface area contributed by atoms with Crippen LogP contribution < -0.4 is 11.1 Å². The van der Waals surface area contributed by atoms with Crippen molar-refractivity contribution >= 4 is 17.6 Å². The Hall–Kier alpha value is -1.26. The Labute approximate surface area is 126 Å². The van der Waals surface area contributed by atoms with Crippen molar-refractivity contribution in [1.29, 1.82) is 0 Å². The minimum atomic E-state index is -0.186. The van der Waals surface area contributed by atoms with Crippen LogP contribution in [0.5, 0.6) is 0 Å². The molecule has 0 spiro atoms. The number of ether oxygens (including phenoxy) is 1. The Morgan fingerprint density at radius 2 is 2.10 bits per heavy atom. The summed E-state index contributed by atoms with van der Waals surface area (Å²) < 4.78 is 5.44. The van der Waals surface area contributed by atoms with Crippen LogP contribution >= 0.6 is 11.6 Å². The van der Waals surface area contributed by atoms with Gasteiger partial charge in [-0.1, -0.05) is 43.6 Å². The Bertz CT molecular complexity index is 435. The quantitative estimate of drug-likeness (QED) is 0.601. The molecule has 112 valence electrons. The summed E-state index contributed by atoms with van der Waals surface area (Å²) in [5, 5.41) is 3.78. The third-order valence-electron chi connectivity index (χ3n) is 2.99. The Balaban J connectivity index is 2.54. The molecule has 0 aliphatic heterocycles. The normalized spacial score (nSPS) is 13.6. The largest absolute Gasteiger partial charge is 0.375 e. The van der Waals surface area contributed by atoms with E-state index in [-0.39, 0.29) is 6.10 Å². The number of rotatable bonds is 7. The van der Waals surface area contributed by atoms with Crippen LogP contribution in [0.25, 0.3) is 0 Å². The molecule has 0 heterocycles. The zero-order chi connectivity index (χ0) is 15.0. The van der Waals surface area contributed by atoms with Gasteiger partial charge in [0.2, 0.25) is 0 Å². The minimum absolute atomic E-state index is 0.186. The second-order valence-corrected chi connectivity index (χ2v) is 5.49. The fraction of sp³-hybridized carbons (Fsp3) is 0.533. The fourth-order valence-electron chi connectivity index (χ4n) is 1.76. The first kappa shape index (κ1) is 16.8. The molecule has 0 bridgehead atoms. The molecule has 5 heteroatoms. The van der Waals surface area contributed by atoms with Crippen molar-refractivity contribution in [2.24, 2.45) is 16.6 Å². The highest BCUT2D eigenvalue weighted by molar-refractivity contribution is 6.31. The van der Waals surface area contributed by atoms with Crippen LogP contribution in [0.2, 0.25) is 5.02 Å². The van der Waals surface area contributed by atoms with Gasteiger partial charge >= 0.3 is 0 Å². The van der Waals surface area contributed by atoms with Crippen LogP contribution in [0.1, 0.15) is 31.9 Å². The van der Waals surface area contributed by atoms with Gasteiger partial charge in [-0.25, -0.2) is 0 Å². The first-order valence-electron chi connectivity index (χ1n) is 6.85. The summed E-state index contributed by atoms with van der Waals surface area (Å²) in [6, 6.07) is 7.61. The second kappa shape index (κ2) is 8.82. The molecule has 0 radical (unpaired) electrons. The van der Waals surface area contributed by atoms with Crippen LogP contribution in [0, 0.1) is 5.92 Å². The summed E-state index contributed by atoms with van der Waals surface area (Å²) in [6.45, 7) is 5.62. The molecule has 3 N–H and O–H groups in total. The summed E-state index contributed by atoms with van der Waals surface area (Å²) in [5.41, 5.74) is 6.76. The van der Waals surface area contributed by atoms with Crippen molar-refractivity contribution in [2.75, 3.05) is 20.2 Å². The summed E-state index contributed by atoms with van der Waals surface area (Å²) in [6.07, 6.45) is 0.878. The average molecular weight is 298 g/mol. The van der Waals surface area contributed by atoms with Crippen molar-refractivity contribution in [1.82, 2.24) is 5.32 Å². The lowest BCUT2D eigenvalue weighted by Gasteiger charge is -2.15. The number of methoxy groups -OCH3 is 1. The van der Waals surface area contributed by atoms with E-state index in [0.717, 1.165) is 18.5 Å². The maximum atomic E-state index is 6.16. The van der Waals surface area contributed by atoms with Crippen LogP contribution in [-0.4, -0.2) is 26.2 Å². The molecule has 0 amide bonds. The van der Waals surface area contributed by atoms with Gasteiger partial charge in [0.25, 0.3) is 0 Å². The van der Waals surface area contributed by atoms with Crippen LogP contribution in [0.4, 0.5) is 0 Å². The van der Waals surface area contributed by atoms with Crippen LogP contribution in [-0.2, 0) is 4.74 Å². The Morgan fingerprint density at radius 1 is 1.40 bits per heavy atom. The van der Waals surface area contributed by atoms with E-state index in [1.165, 1.54) is 0 Å². The molecule has 4 nitrogen and oxygen atoms in total. The van der Waals surface area contributed by atoms with Gasteiger partial charge in [0, 0.05) is 24.2 Å². The number of guanidine groups is 1. The van der Waals surface area contributed by atoms with Crippen molar-refractivity contribution in [3.05, 3.63) is 34.9 Å². The molecule has 0 saturated heterocycles. The average Bonchev–Trinajstić information content (AvgIpc) is 2.41. The third kappa shape index (κ3) is 5.80. The molecular formula is C15H24ClN3O. The highest BCUT2D eigenvalue weighted by atomic mass is 35.5. The molecule has 0 aromatic heterocycles. The maximum Gasteiger partial charge on any atom is 0.188 e. The predicted molar refractivity (Wildman–Crippen MR) is 85.1 cm³/mol. The van der Waals surface area contributed by atoms with Gasteiger partial charge in [-0.15, -0.1) is 0 Å². The van der Waals surface area contributed by atoms with Crippen LogP contribution in [0.3, 0.4) is 0 Å². The zero-order valence-electron chi connectivity index (χ0n) is 12.4. The molecule has 0 aliphatic rings. The Morgan fingerprint density at radius 3 is 2.70 bits per heavy atom. The number of hydrogen-bond acceptors (Lipinski definition) is 2. The van der Waals surface area contributed by atoms with Gasteiger partial charge < -0.3 is 15.8 Å². The molecular weight excluding hydrogens is 274 g/mol. The molecule has 1 aromatic carbocycles. The van der Waals surface area contributed by atoms with Gasteiger partial charge in [-0.05, 0) is 18.4 Å². The van der Waals surface area contributed by atoms with E-state index in [4.69, 9.17) is 22.1 Å². The zero-order valence-corrected chi connectivity index (χ0v) is 13.2. The topological polar surface area (TPSA) is 59.6 Å². The number of aliphatic imine (C=N–C) groups is 1. The van der Waals surface area contributed by atoms with Crippen molar-refractivity contribution in [3.8, 4) is 0 Å². The number of halogens is 1. The minimum Gasteiger partial charge on any atom is -0.375 e. The maximum absolute atomic E-state index is 6.16.